The maximum atomic E-state index is 12.5. The smallest absolute Gasteiger partial charge is 0.338 e. The molecule has 0 spiro atoms. The first-order chi connectivity index (χ1) is 13.7. The summed E-state index contributed by atoms with van der Waals surface area (Å²) in [5, 5.41) is 4.00. The van der Waals surface area contributed by atoms with E-state index in [1.54, 1.807) is 28.9 Å². The summed E-state index contributed by atoms with van der Waals surface area (Å²) in [6.07, 6.45) is 2.96. The van der Waals surface area contributed by atoms with E-state index in [0.717, 1.165) is 11.9 Å². The Bertz CT molecular complexity index is 1110. The molecular weight excluding hydrogens is 396 g/mol. The van der Waals surface area contributed by atoms with Crippen LogP contribution in [0.2, 0.25) is 0 Å². The second-order valence-corrected chi connectivity index (χ2v) is 8.00. The third-order valence-electron chi connectivity index (χ3n) is 3.91. The van der Waals surface area contributed by atoms with E-state index in [2.05, 4.69) is 14.8 Å². The van der Waals surface area contributed by atoms with Crippen molar-refractivity contribution in [1.29, 1.82) is 0 Å². The first kappa shape index (κ1) is 20.2. The van der Waals surface area contributed by atoms with Crippen LogP contribution in [0.15, 0.2) is 61.2 Å². The molecule has 0 aliphatic heterocycles. The summed E-state index contributed by atoms with van der Waals surface area (Å²) in [6.45, 7) is 1.48. The van der Waals surface area contributed by atoms with Crippen LogP contribution in [0.25, 0.3) is 5.69 Å². The van der Waals surface area contributed by atoms with Crippen LogP contribution in [-0.4, -0.2) is 47.3 Å². The fourth-order valence-electron chi connectivity index (χ4n) is 2.53. The van der Waals surface area contributed by atoms with E-state index in [1.807, 2.05) is 0 Å². The number of carbonyl (C=O) groups excluding carboxylic acids is 2. The van der Waals surface area contributed by atoms with Crippen molar-refractivity contribution in [3.05, 3.63) is 72.3 Å². The number of nitrogens with zero attached hydrogens (tertiary/aromatic N) is 3. The Kier molecular flexibility index (Phi) is 5.74. The Morgan fingerprint density at radius 1 is 1.03 bits per heavy atom. The lowest BCUT2D eigenvalue weighted by molar-refractivity contribution is 0.0319. The number of aromatic nitrogens is 3. The average Bonchev–Trinajstić information content (AvgIpc) is 3.21. The molecule has 2 aromatic carbocycles. The number of Topliss-reactive ketones (excluding diaryl/α,β-unsaturated/α-hetero) is 1. The molecule has 0 aliphatic carbocycles. The summed E-state index contributed by atoms with van der Waals surface area (Å²) in [5.74, 6) is -1.03. The van der Waals surface area contributed by atoms with Crippen LogP contribution in [0, 0.1) is 0 Å². The Hall–Kier alpha value is -3.53. The molecule has 10 heteroatoms. The van der Waals surface area contributed by atoms with E-state index in [9.17, 15) is 18.0 Å². The minimum Gasteiger partial charge on any atom is -0.451 e. The second kappa shape index (κ2) is 8.23. The highest BCUT2D eigenvalue weighted by Gasteiger charge is 2.20. The van der Waals surface area contributed by atoms with Gasteiger partial charge in [-0.05, 0) is 55.5 Å². The number of nitrogens with one attached hydrogen (secondary N) is 1. The molecular formula is C19H18N4O5S. The average molecular weight is 414 g/mol. The molecule has 1 aromatic heterocycles. The van der Waals surface area contributed by atoms with Gasteiger partial charge >= 0.3 is 5.97 Å². The molecule has 0 fully saturated rings. The number of ether oxygens (including phenoxy) is 1. The van der Waals surface area contributed by atoms with Crippen molar-refractivity contribution in [2.45, 2.75) is 13.0 Å². The van der Waals surface area contributed by atoms with Crippen molar-refractivity contribution < 1.29 is 22.7 Å². The van der Waals surface area contributed by atoms with Crippen molar-refractivity contribution in [3.8, 4) is 5.69 Å². The van der Waals surface area contributed by atoms with Gasteiger partial charge in [0.15, 0.2) is 6.10 Å². The van der Waals surface area contributed by atoms with Crippen LogP contribution in [-0.2, 0) is 14.8 Å². The van der Waals surface area contributed by atoms with E-state index in [1.165, 1.54) is 43.8 Å². The van der Waals surface area contributed by atoms with E-state index in [4.69, 9.17) is 4.74 Å². The minimum atomic E-state index is -3.40. The molecule has 1 atom stereocenters. The Labute approximate surface area is 167 Å². The third-order valence-corrected chi connectivity index (χ3v) is 4.52. The summed E-state index contributed by atoms with van der Waals surface area (Å²) in [6, 6.07) is 12.4. The van der Waals surface area contributed by atoms with Gasteiger partial charge in [0.2, 0.25) is 15.8 Å². The molecule has 0 bridgehead atoms. The lowest BCUT2D eigenvalue weighted by atomic mass is 10.1. The zero-order chi connectivity index (χ0) is 21.0. The lowest BCUT2D eigenvalue weighted by Gasteiger charge is -2.13. The van der Waals surface area contributed by atoms with Gasteiger partial charge in [0.05, 0.1) is 17.5 Å². The topological polar surface area (TPSA) is 120 Å². The molecule has 29 heavy (non-hydrogen) atoms. The molecule has 9 nitrogen and oxygen atoms in total. The molecule has 0 radical (unpaired) electrons. The number of hydrogen-bond donors (Lipinski definition) is 1. The summed E-state index contributed by atoms with van der Waals surface area (Å²) >= 11 is 0. The molecule has 0 aliphatic rings. The lowest BCUT2D eigenvalue weighted by Crippen LogP contribution is -2.24. The van der Waals surface area contributed by atoms with Gasteiger partial charge < -0.3 is 4.74 Å². The van der Waals surface area contributed by atoms with Crippen molar-refractivity contribution in [3.63, 3.8) is 0 Å². The first-order valence-corrected chi connectivity index (χ1v) is 10.4. The molecule has 3 rings (SSSR count). The van der Waals surface area contributed by atoms with Gasteiger partial charge in [0.1, 0.15) is 12.7 Å². The molecule has 0 saturated heterocycles. The Morgan fingerprint density at radius 2 is 1.66 bits per heavy atom. The summed E-state index contributed by atoms with van der Waals surface area (Å²) in [7, 11) is -3.40. The number of esters is 1. The van der Waals surface area contributed by atoms with Gasteiger partial charge in [0, 0.05) is 11.3 Å². The quantitative estimate of drug-likeness (QED) is 0.464. The van der Waals surface area contributed by atoms with Gasteiger partial charge in [-0.1, -0.05) is 0 Å². The van der Waals surface area contributed by atoms with Crippen molar-refractivity contribution in [2.75, 3.05) is 11.0 Å². The molecule has 150 valence electrons. The van der Waals surface area contributed by atoms with E-state index in [-0.39, 0.29) is 0 Å². The normalized spacial score (nSPS) is 12.2. The molecule has 0 amide bonds. The van der Waals surface area contributed by atoms with Crippen LogP contribution in [0.4, 0.5) is 5.69 Å². The predicted octanol–water partition coefficient (Wildman–Crippen LogP) is 2.07. The zero-order valence-electron chi connectivity index (χ0n) is 15.6. The molecule has 1 N–H and O–H groups in total. The van der Waals surface area contributed by atoms with Gasteiger partial charge in [0.25, 0.3) is 0 Å². The number of sulfonamides is 1. The van der Waals surface area contributed by atoms with Crippen LogP contribution in [0.3, 0.4) is 0 Å². The second-order valence-electron chi connectivity index (χ2n) is 6.25. The molecule has 3 aromatic rings. The van der Waals surface area contributed by atoms with Gasteiger partial charge in [-0.2, -0.15) is 5.10 Å². The third kappa shape index (κ3) is 5.26. The van der Waals surface area contributed by atoms with Crippen LogP contribution in [0.5, 0.6) is 0 Å². The van der Waals surface area contributed by atoms with E-state index >= 15 is 0 Å². The van der Waals surface area contributed by atoms with Crippen LogP contribution in [0.1, 0.15) is 27.6 Å². The largest absolute Gasteiger partial charge is 0.451 e. The van der Waals surface area contributed by atoms with Crippen molar-refractivity contribution in [1.82, 2.24) is 14.8 Å². The molecule has 1 heterocycles. The highest BCUT2D eigenvalue weighted by Crippen LogP contribution is 2.15. The van der Waals surface area contributed by atoms with E-state index < -0.39 is 27.9 Å². The number of ketones is 1. The fraction of sp³-hybridized carbons (Fsp3) is 0.158. The number of anilines is 1. The summed E-state index contributed by atoms with van der Waals surface area (Å²) in [4.78, 5) is 28.7. The van der Waals surface area contributed by atoms with Crippen molar-refractivity contribution in [2.24, 2.45) is 0 Å². The Morgan fingerprint density at radius 3 is 2.21 bits per heavy atom. The number of carbonyl (C=O) groups is 2. The highest BCUT2D eigenvalue weighted by molar-refractivity contribution is 7.92. The monoisotopic (exact) mass is 414 g/mol. The number of hydrogen-bond acceptors (Lipinski definition) is 7. The van der Waals surface area contributed by atoms with E-state index in [0.29, 0.717) is 16.8 Å². The number of benzene rings is 2. The minimum absolute atomic E-state index is 0.293. The van der Waals surface area contributed by atoms with Gasteiger partial charge in [-0.25, -0.2) is 22.9 Å². The SMILES string of the molecule is C[C@@H](OC(=O)c1ccc(-n2cncn2)cc1)C(=O)c1ccc(NS(C)(=O)=O)cc1. The fourth-order valence-corrected chi connectivity index (χ4v) is 3.09. The van der Waals surface area contributed by atoms with Gasteiger partial charge in [-0.3, -0.25) is 9.52 Å². The summed E-state index contributed by atoms with van der Waals surface area (Å²) in [5.41, 5.74) is 1.65. The van der Waals surface area contributed by atoms with Crippen LogP contribution < -0.4 is 4.72 Å². The molecule has 0 unspecified atom stereocenters. The maximum Gasteiger partial charge on any atom is 0.338 e. The van der Waals surface area contributed by atoms with Gasteiger partial charge in [-0.15, -0.1) is 0 Å². The highest BCUT2D eigenvalue weighted by atomic mass is 32.2. The van der Waals surface area contributed by atoms with Crippen molar-refractivity contribution >= 4 is 27.5 Å². The predicted molar refractivity (Wildman–Crippen MR) is 105 cm³/mol. The Balaban J connectivity index is 1.63. The molecule has 0 saturated carbocycles. The summed E-state index contributed by atoms with van der Waals surface area (Å²) < 4.78 is 31.6. The standard InChI is InChI=1S/C19H18N4O5S/c1-13(18(24)14-3-7-16(8-4-14)22-29(2,26)27)28-19(25)15-5-9-17(10-6-15)23-12-20-11-21-23/h3-13,22H,1-2H3/t13-/m1/s1. The first-order valence-electron chi connectivity index (χ1n) is 8.51. The van der Waals surface area contributed by atoms with Crippen LogP contribution >= 0.6 is 0 Å². The number of rotatable bonds is 7. The zero-order valence-corrected chi connectivity index (χ0v) is 16.5. The maximum absolute atomic E-state index is 12.5.